The third kappa shape index (κ3) is 2.71. The molecule has 1 amide bonds. The summed E-state index contributed by atoms with van der Waals surface area (Å²) in [7, 11) is 0. The van der Waals surface area contributed by atoms with E-state index in [0.29, 0.717) is 13.0 Å². The topological polar surface area (TPSA) is 49.3 Å². The minimum Gasteiger partial charge on any atom is -0.393 e. The van der Waals surface area contributed by atoms with Crippen LogP contribution in [0.1, 0.15) is 39.0 Å². The smallest absolute Gasteiger partial charge is 0.223 e. The first-order valence-corrected chi connectivity index (χ1v) is 6.16. The Bertz CT molecular complexity index is 232. The second-order valence-electron chi connectivity index (χ2n) is 5.07. The molecule has 0 heterocycles. The lowest BCUT2D eigenvalue weighted by molar-refractivity contribution is -0.125. The van der Waals surface area contributed by atoms with Gasteiger partial charge in [0.2, 0.25) is 5.91 Å². The molecule has 3 heteroatoms. The Morgan fingerprint density at radius 1 is 1.40 bits per heavy atom. The molecule has 0 aromatic heterocycles. The predicted molar refractivity (Wildman–Crippen MR) is 58.2 cm³/mol. The van der Waals surface area contributed by atoms with Crippen LogP contribution in [0.5, 0.6) is 0 Å². The summed E-state index contributed by atoms with van der Waals surface area (Å²) >= 11 is 0. The minimum absolute atomic E-state index is 0.213. The average molecular weight is 211 g/mol. The van der Waals surface area contributed by atoms with Crippen LogP contribution in [-0.4, -0.2) is 23.7 Å². The van der Waals surface area contributed by atoms with E-state index in [2.05, 4.69) is 5.32 Å². The molecule has 0 radical (unpaired) electrons. The van der Waals surface area contributed by atoms with Crippen molar-refractivity contribution < 1.29 is 9.90 Å². The van der Waals surface area contributed by atoms with Gasteiger partial charge in [-0.05, 0) is 43.9 Å². The molecule has 0 bridgehead atoms. The molecular weight excluding hydrogens is 190 g/mol. The van der Waals surface area contributed by atoms with Crippen molar-refractivity contribution in [2.24, 2.45) is 17.8 Å². The third-order valence-corrected chi connectivity index (χ3v) is 3.86. The molecule has 86 valence electrons. The summed E-state index contributed by atoms with van der Waals surface area (Å²) in [6.45, 7) is 2.58. The summed E-state index contributed by atoms with van der Waals surface area (Å²) in [6, 6.07) is 0. The van der Waals surface area contributed by atoms with Crippen molar-refractivity contribution in [1.82, 2.24) is 5.32 Å². The lowest BCUT2D eigenvalue weighted by Crippen LogP contribution is -2.32. The summed E-state index contributed by atoms with van der Waals surface area (Å²) in [6.07, 6.45) is 4.76. The highest BCUT2D eigenvalue weighted by Gasteiger charge is 2.47. The average Bonchev–Trinajstić information content (AvgIpc) is 2.85. The number of hydrogen-bond donors (Lipinski definition) is 2. The van der Waals surface area contributed by atoms with Gasteiger partial charge in [-0.3, -0.25) is 4.79 Å². The first-order chi connectivity index (χ1) is 7.20. The number of fused-ring (bicyclic) bond motifs is 1. The molecule has 0 aliphatic heterocycles. The highest BCUT2D eigenvalue weighted by molar-refractivity contribution is 5.79. The fourth-order valence-corrected chi connectivity index (χ4v) is 2.64. The van der Waals surface area contributed by atoms with Gasteiger partial charge in [0.15, 0.2) is 0 Å². The van der Waals surface area contributed by atoms with Gasteiger partial charge in [-0.15, -0.1) is 0 Å². The van der Waals surface area contributed by atoms with Gasteiger partial charge in [-0.1, -0.05) is 6.92 Å². The van der Waals surface area contributed by atoms with E-state index in [1.54, 1.807) is 0 Å². The fourth-order valence-electron chi connectivity index (χ4n) is 2.64. The Morgan fingerprint density at radius 3 is 2.67 bits per heavy atom. The van der Waals surface area contributed by atoms with Gasteiger partial charge in [0.05, 0.1) is 6.10 Å². The lowest BCUT2D eigenvalue weighted by Gasteiger charge is -2.13. The van der Waals surface area contributed by atoms with Crippen LogP contribution in [0.15, 0.2) is 0 Å². The van der Waals surface area contributed by atoms with Gasteiger partial charge in [-0.25, -0.2) is 0 Å². The van der Waals surface area contributed by atoms with E-state index in [1.165, 1.54) is 6.42 Å². The van der Waals surface area contributed by atoms with Crippen LogP contribution in [0.25, 0.3) is 0 Å². The van der Waals surface area contributed by atoms with Gasteiger partial charge in [0.25, 0.3) is 0 Å². The van der Waals surface area contributed by atoms with E-state index in [-0.39, 0.29) is 17.9 Å². The van der Waals surface area contributed by atoms with Crippen molar-refractivity contribution in [3.05, 3.63) is 0 Å². The van der Waals surface area contributed by atoms with Gasteiger partial charge in [0, 0.05) is 12.5 Å². The van der Waals surface area contributed by atoms with Gasteiger partial charge in [-0.2, -0.15) is 0 Å². The number of nitrogens with one attached hydrogen (secondary N) is 1. The van der Waals surface area contributed by atoms with Crippen LogP contribution in [-0.2, 0) is 4.79 Å². The maximum atomic E-state index is 11.7. The SMILES string of the molecule is CCC(O)CCNC(=O)C1CC2CC2C1. The minimum atomic E-state index is -0.262. The van der Waals surface area contributed by atoms with Gasteiger partial charge in [0.1, 0.15) is 0 Å². The number of aliphatic hydroxyl groups excluding tert-OH is 1. The molecule has 2 aliphatic carbocycles. The van der Waals surface area contributed by atoms with Gasteiger partial charge >= 0.3 is 0 Å². The number of carbonyl (C=O) groups is 1. The molecule has 3 nitrogen and oxygen atoms in total. The van der Waals surface area contributed by atoms with Gasteiger partial charge < -0.3 is 10.4 Å². The zero-order valence-corrected chi connectivity index (χ0v) is 9.41. The van der Waals surface area contributed by atoms with Crippen LogP contribution in [0.4, 0.5) is 0 Å². The number of aliphatic hydroxyl groups is 1. The summed E-state index contributed by atoms with van der Waals surface area (Å²) in [5.74, 6) is 2.21. The molecule has 3 unspecified atom stereocenters. The summed E-state index contributed by atoms with van der Waals surface area (Å²) < 4.78 is 0. The number of carbonyl (C=O) groups excluding carboxylic acids is 1. The molecule has 0 aromatic carbocycles. The van der Waals surface area contributed by atoms with Crippen molar-refractivity contribution in [2.45, 2.75) is 45.1 Å². The lowest BCUT2D eigenvalue weighted by atomic mass is 10.0. The van der Waals surface area contributed by atoms with Crippen LogP contribution in [0.3, 0.4) is 0 Å². The zero-order valence-electron chi connectivity index (χ0n) is 9.41. The highest BCUT2D eigenvalue weighted by atomic mass is 16.3. The summed E-state index contributed by atoms with van der Waals surface area (Å²) in [5.41, 5.74) is 0. The normalized spacial score (nSPS) is 34.7. The largest absolute Gasteiger partial charge is 0.393 e. The molecule has 2 rings (SSSR count). The number of rotatable bonds is 5. The monoisotopic (exact) mass is 211 g/mol. The molecular formula is C12H21NO2. The van der Waals surface area contributed by atoms with Crippen LogP contribution >= 0.6 is 0 Å². The Balaban J connectivity index is 1.60. The molecule has 15 heavy (non-hydrogen) atoms. The van der Waals surface area contributed by atoms with E-state index in [9.17, 15) is 9.90 Å². The van der Waals surface area contributed by atoms with Crippen LogP contribution < -0.4 is 5.32 Å². The quantitative estimate of drug-likeness (QED) is 0.720. The van der Waals surface area contributed by atoms with E-state index >= 15 is 0 Å². The molecule has 3 atom stereocenters. The molecule has 2 fully saturated rings. The summed E-state index contributed by atoms with van der Waals surface area (Å²) in [4.78, 5) is 11.7. The molecule has 0 saturated heterocycles. The van der Waals surface area contributed by atoms with Crippen molar-refractivity contribution >= 4 is 5.91 Å². The Labute approximate surface area is 91.2 Å². The van der Waals surface area contributed by atoms with E-state index in [4.69, 9.17) is 0 Å². The first-order valence-electron chi connectivity index (χ1n) is 6.16. The maximum absolute atomic E-state index is 11.7. The van der Waals surface area contributed by atoms with Crippen LogP contribution in [0.2, 0.25) is 0 Å². The fraction of sp³-hybridized carbons (Fsp3) is 0.917. The Hall–Kier alpha value is -0.570. The number of hydrogen-bond acceptors (Lipinski definition) is 2. The second-order valence-corrected chi connectivity index (χ2v) is 5.07. The van der Waals surface area contributed by atoms with Crippen LogP contribution in [0, 0.1) is 17.8 Å². The van der Waals surface area contributed by atoms with Crippen molar-refractivity contribution in [1.29, 1.82) is 0 Å². The standard InChI is InChI=1S/C12H21NO2/c1-2-11(14)3-4-13-12(15)10-6-8-5-9(8)7-10/h8-11,14H,2-7H2,1H3,(H,13,15). The third-order valence-electron chi connectivity index (χ3n) is 3.86. The van der Waals surface area contributed by atoms with Crippen molar-refractivity contribution in [3.63, 3.8) is 0 Å². The first kappa shape index (κ1) is 10.9. The Kier molecular flexibility index (Phi) is 3.29. The van der Waals surface area contributed by atoms with E-state index < -0.39 is 0 Å². The van der Waals surface area contributed by atoms with E-state index in [1.807, 2.05) is 6.92 Å². The molecule has 0 spiro atoms. The predicted octanol–water partition coefficient (Wildman–Crippen LogP) is 1.31. The highest BCUT2D eigenvalue weighted by Crippen LogP contribution is 2.54. The zero-order chi connectivity index (χ0) is 10.8. The molecule has 2 saturated carbocycles. The second kappa shape index (κ2) is 4.52. The summed E-state index contributed by atoms with van der Waals surface area (Å²) in [5, 5.41) is 12.3. The van der Waals surface area contributed by atoms with E-state index in [0.717, 1.165) is 31.1 Å². The molecule has 2 N–H and O–H groups in total. The number of amides is 1. The maximum Gasteiger partial charge on any atom is 0.223 e. The Morgan fingerprint density at radius 2 is 2.07 bits per heavy atom. The van der Waals surface area contributed by atoms with Crippen molar-refractivity contribution in [2.75, 3.05) is 6.54 Å². The van der Waals surface area contributed by atoms with Crippen molar-refractivity contribution in [3.8, 4) is 0 Å². The molecule has 0 aromatic rings. The molecule has 2 aliphatic rings.